The Morgan fingerprint density at radius 3 is 2.58 bits per heavy atom. The van der Waals surface area contributed by atoms with Gasteiger partial charge in [-0.25, -0.2) is 14.6 Å². The summed E-state index contributed by atoms with van der Waals surface area (Å²) in [5.41, 5.74) is 1.99. The lowest BCUT2D eigenvalue weighted by molar-refractivity contribution is -0.152. The van der Waals surface area contributed by atoms with Gasteiger partial charge in [0.25, 0.3) is 0 Å². The van der Waals surface area contributed by atoms with Gasteiger partial charge in [0.05, 0.1) is 25.4 Å². The van der Waals surface area contributed by atoms with Crippen molar-refractivity contribution in [3.8, 4) is 5.75 Å². The monoisotopic (exact) mass is 593 g/mol. The number of carbonyl (C=O) groups excluding carboxylic acids is 3. The summed E-state index contributed by atoms with van der Waals surface area (Å²) in [5, 5.41) is 4.04. The fraction of sp³-hybridized carbons (Fsp3) is 0.647. The molecule has 9 nitrogen and oxygen atoms in total. The Bertz CT molecular complexity index is 1260. The lowest BCUT2D eigenvalue weighted by Crippen LogP contribution is -2.54. The molecular formula is C34H47N3O6. The van der Waals surface area contributed by atoms with E-state index in [1.54, 1.807) is 12.0 Å². The number of nitrogens with zero attached hydrogens (tertiary/aromatic N) is 2. The third-order valence-electron chi connectivity index (χ3n) is 9.74. The van der Waals surface area contributed by atoms with Crippen molar-refractivity contribution in [2.24, 2.45) is 11.8 Å². The molecule has 2 aliphatic carbocycles. The van der Waals surface area contributed by atoms with Crippen molar-refractivity contribution < 1.29 is 28.6 Å². The number of methoxy groups -OCH3 is 2. The molecule has 2 amide bonds. The second kappa shape index (κ2) is 14.9. The van der Waals surface area contributed by atoms with E-state index < -0.39 is 18.2 Å². The second-order valence-electron chi connectivity index (χ2n) is 12.4. The van der Waals surface area contributed by atoms with E-state index in [0.29, 0.717) is 18.9 Å². The molecule has 2 saturated carbocycles. The highest BCUT2D eigenvalue weighted by atomic mass is 16.6. The summed E-state index contributed by atoms with van der Waals surface area (Å²) < 4.78 is 16.5. The SMILES string of the molecule is COC(=O)[C@@H]1CCCN1C(=O)[C@@H](NC(=O)O[C@H]1CCC[C@@H]1CCCCCc1nc2ccccc2cc1OC)C1CCCC1. The third kappa shape index (κ3) is 7.60. The Morgan fingerprint density at radius 2 is 1.79 bits per heavy atom. The third-order valence-corrected chi connectivity index (χ3v) is 9.74. The van der Waals surface area contributed by atoms with Crippen LogP contribution in [-0.4, -0.2) is 66.8 Å². The first-order valence-corrected chi connectivity index (χ1v) is 16.3. The lowest BCUT2D eigenvalue weighted by atomic mass is 9.96. The van der Waals surface area contributed by atoms with Gasteiger partial charge in [-0.05, 0) is 88.2 Å². The van der Waals surface area contributed by atoms with E-state index in [-0.39, 0.29) is 23.9 Å². The topological polar surface area (TPSA) is 107 Å². The minimum Gasteiger partial charge on any atom is -0.495 e. The van der Waals surface area contributed by atoms with Crippen LogP contribution in [-0.2, 0) is 25.5 Å². The molecular weight excluding hydrogens is 546 g/mol. The molecule has 0 spiro atoms. The zero-order valence-electron chi connectivity index (χ0n) is 25.7. The van der Waals surface area contributed by atoms with Crippen molar-refractivity contribution in [3.05, 3.63) is 36.0 Å². The van der Waals surface area contributed by atoms with Gasteiger partial charge in [0.15, 0.2) is 0 Å². The van der Waals surface area contributed by atoms with E-state index in [2.05, 4.69) is 17.4 Å². The maximum Gasteiger partial charge on any atom is 0.408 e. The van der Waals surface area contributed by atoms with Gasteiger partial charge >= 0.3 is 12.1 Å². The van der Waals surface area contributed by atoms with Crippen LogP contribution in [0.25, 0.3) is 10.9 Å². The standard InChI is InChI=1S/C34H47N3O6/c1-41-30-22-25-15-8-9-17-26(25)35-27(30)18-5-3-4-12-23-16-10-20-29(23)43-34(40)36-31(24-13-6-7-14-24)32(38)37-21-11-19-28(37)33(39)42-2/h8-9,15,17,22-24,28-29,31H,3-7,10-14,16,18-21H2,1-2H3,(H,36,40)/t23-,28-,29-,31-/m0/s1. The number of benzene rings is 1. The maximum atomic E-state index is 13.6. The molecule has 2 heterocycles. The Hall–Kier alpha value is -3.36. The van der Waals surface area contributed by atoms with Gasteiger partial charge in [0.1, 0.15) is 23.9 Å². The van der Waals surface area contributed by atoms with Crippen LogP contribution in [0.5, 0.6) is 5.75 Å². The number of para-hydroxylation sites is 1. The van der Waals surface area contributed by atoms with Gasteiger partial charge in [-0.3, -0.25) is 4.79 Å². The van der Waals surface area contributed by atoms with Crippen molar-refractivity contribution in [1.29, 1.82) is 0 Å². The number of esters is 1. The number of alkyl carbamates (subject to hydrolysis) is 1. The maximum absolute atomic E-state index is 13.6. The molecule has 3 fully saturated rings. The highest BCUT2D eigenvalue weighted by Gasteiger charge is 2.42. The number of aromatic nitrogens is 1. The minimum atomic E-state index is -0.666. The molecule has 0 bridgehead atoms. The average molecular weight is 594 g/mol. The van der Waals surface area contributed by atoms with Crippen LogP contribution in [0.1, 0.15) is 89.2 Å². The molecule has 0 unspecified atom stereocenters. The normalized spacial score (nSPS) is 22.9. The first kappa shape index (κ1) is 31.1. The summed E-state index contributed by atoms with van der Waals surface area (Å²) in [4.78, 5) is 45.6. The molecule has 1 N–H and O–H groups in total. The van der Waals surface area contributed by atoms with Crippen LogP contribution in [0.4, 0.5) is 4.79 Å². The van der Waals surface area contributed by atoms with Crippen molar-refractivity contribution in [2.75, 3.05) is 20.8 Å². The quantitative estimate of drug-likeness (QED) is 0.239. The van der Waals surface area contributed by atoms with E-state index in [1.165, 1.54) is 7.11 Å². The van der Waals surface area contributed by atoms with Crippen LogP contribution >= 0.6 is 0 Å². The van der Waals surface area contributed by atoms with Crippen LogP contribution < -0.4 is 10.1 Å². The Kier molecular flexibility index (Phi) is 10.8. The van der Waals surface area contributed by atoms with Crippen LogP contribution in [0, 0.1) is 11.8 Å². The number of amides is 2. The number of ether oxygens (including phenoxy) is 3. The zero-order valence-corrected chi connectivity index (χ0v) is 25.7. The second-order valence-corrected chi connectivity index (χ2v) is 12.4. The lowest BCUT2D eigenvalue weighted by Gasteiger charge is -2.31. The van der Waals surface area contributed by atoms with Crippen molar-refractivity contribution in [2.45, 2.75) is 108 Å². The molecule has 4 atom stereocenters. The van der Waals surface area contributed by atoms with E-state index >= 15 is 0 Å². The molecule has 1 saturated heterocycles. The van der Waals surface area contributed by atoms with Gasteiger partial charge in [0.2, 0.25) is 5.91 Å². The molecule has 9 heteroatoms. The number of nitrogens with one attached hydrogen (secondary N) is 1. The van der Waals surface area contributed by atoms with Gasteiger partial charge < -0.3 is 24.4 Å². The largest absolute Gasteiger partial charge is 0.495 e. The number of hydrogen-bond donors (Lipinski definition) is 1. The molecule has 3 aliphatic rings. The number of likely N-dealkylation sites (tertiary alicyclic amines) is 1. The van der Waals surface area contributed by atoms with Crippen LogP contribution in [0.2, 0.25) is 0 Å². The zero-order chi connectivity index (χ0) is 30.2. The fourth-order valence-corrected chi connectivity index (χ4v) is 7.42. The van der Waals surface area contributed by atoms with Gasteiger partial charge in [-0.2, -0.15) is 0 Å². The number of aryl methyl sites for hydroxylation is 1. The minimum absolute atomic E-state index is 0.0639. The summed E-state index contributed by atoms with van der Waals surface area (Å²) in [6, 6.07) is 8.93. The molecule has 234 valence electrons. The van der Waals surface area contributed by atoms with Crippen LogP contribution in [0.3, 0.4) is 0 Å². The fourth-order valence-electron chi connectivity index (χ4n) is 7.42. The Labute approximate surface area is 255 Å². The number of unbranched alkanes of at least 4 members (excludes halogenated alkanes) is 2. The number of pyridine rings is 1. The van der Waals surface area contributed by atoms with E-state index in [4.69, 9.17) is 19.2 Å². The molecule has 1 aromatic carbocycles. The summed E-state index contributed by atoms with van der Waals surface area (Å²) in [6.07, 6.45) is 12.6. The van der Waals surface area contributed by atoms with Gasteiger partial charge in [-0.1, -0.05) is 43.9 Å². The van der Waals surface area contributed by atoms with E-state index in [0.717, 1.165) is 106 Å². The molecule has 2 aromatic rings. The van der Waals surface area contributed by atoms with Crippen LogP contribution in [0.15, 0.2) is 30.3 Å². The van der Waals surface area contributed by atoms with E-state index in [9.17, 15) is 14.4 Å². The van der Waals surface area contributed by atoms with E-state index in [1.807, 2.05) is 18.2 Å². The number of rotatable bonds is 12. The number of hydrogen-bond acceptors (Lipinski definition) is 7. The summed E-state index contributed by atoms with van der Waals surface area (Å²) >= 11 is 0. The highest BCUT2D eigenvalue weighted by Crippen LogP contribution is 2.34. The highest BCUT2D eigenvalue weighted by molar-refractivity contribution is 5.90. The average Bonchev–Trinajstić information content (AvgIpc) is 3.81. The summed E-state index contributed by atoms with van der Waals surface area (Å²) in [5.74, 6) is 0.669. The Morgan fingerprint density at radius 1 is 0.977 bits per heavy atom. The summed E-state index contributed by atoms with van der Waals surface area (Å²) in [6.45, 7) is 0.507. The predicted molar refractivity (Wildman–Crippen MR) is 164 cm³/mol. The van der Waals surface area contributed by atoms with Gasteiger partial charge in [0, 0.05) is 11.9 Å². The summed E-state index contributed by atoms with van der Waals surface area (Å²) in [7, 11) is 3.05. The smallest absolute Gasteiger partial charge is 0.408 e. The van der Waals surface area contributed by atoms with Crippen molar-refractivity contribution in [3.63, 3.8) is 0 Å². The van der Waals surface area contributed by atoms with Crippen molar-refractivity contribution in [1.82, 2.24) is 15.2 Å². The Balaban J connectivity index is 1.11. The predicted octanol–water partition coefficient (Wildman–Crippen LogP) is 5.96. The molecule has 1 aliphatic heterocycles. The number of carbonyl (C=O) groups is 3. The first-order valence-electron chi connectivity index (χ1n) is 16.3. The first-order chi connectivity index (χ1) is 21.0. The molecule has 43 heavy (non-hydrogen) atoms. The number of fused-ring (bicyclic) bond motifs is 1. The molecule has 1 aromatic heterocycles. The molecule has 0 radical (unpaired) electrons. The molecule has 5 rings (SSSR count). The van der Waals surface area contributed by atoms with Crippen molar-refractivity contribution >= 4 is 28.9 Å². The van der Waals surface area contributed by atoms with Gasteiger partial charge in [-0.15, -0.1) is 0 Å².